The number of hydrogen-bond donors (Lipinski definition) is 1. The fourth-order valence-electron chi connectivity index (χ4n) is 2.52. The number of aromatic nitrogens is 2. The number of nitrogens with zero attached hydrogens (tertiary/aromatic N) is 2. The van der Waals surface area contributed by atoms with Gasteiger partial charge in [-0.25, -0.2) is 4.79 Å². The summed E-state index contributed by atoms with van der Waals surface area (Å²) in [5.74, 6) is -1.01. The van der Waals surface area contributed by atoms with Gasteiger partial charge in [-0.3, -0.25) is 19.7 Å². The maximum Gasteiger partial charge on any atom is 0.340 e. The number of ketones is 1. The molecule has 0 unspecified atom stereocenters. The summed E-state index contributed by atoms with van der Waals surface area (Å²) in [5.41, 5.74) is 0.505. The summed E-state index contributed by atoms with van der Waals surface area (Å²) >= 11 is 0. The van der Waals surface area contributed by atoms with Crippen LogP contribution in [0.4, 0.5) is 5.69 Å². The third-order valence-electron chi connectivity index (χ3n) is 3.69. The first kappa shape index (κ1) is 18.1. The minimum atomic E-state index is -0.649. The summed E-state index contributed by atoms with van der Waals surface area (Å²) in [6, 6.07) is 2.11. The van der Waals surface area contributed by atoms with Gasteiger partial charge in [-0.05, 0) is 26.3 Å². The molecule has 0 amide bonds. The Labute approximate surface area is 142 Å². The van der Waals surface area contributed by atoms with Crippen LogP contribution in [0.15, 0.2) is 23.1 Å². The molecule has 0 saturated heterocycles. The number of Topliss-reactive ketones (excluding diaryl/α,β-unsaturated/α-hetero) is 1. The summed E-state index contributed by atoms with van der Waals surface area (Å²) in [6.07, 6.45) is 1.01. The molecule has 0 aromatic carbocycles. The average molecular weight is 347 g/mol. The van der Waals surface area contributed by atoms with E-state index in [2.05, 4.69) is 4.98 Å². The zero-order valence-corrected chi connectivity index (χ0v) is 14.0. The topological polar surface area (TPSA) is 124 Å². The maximum atomic E-state index is 12.5. The largest absolute Gasteiger partial charge is 0.462 e. The van der Waals surface area contributed by atoms with Crippen molar-refractivity contribution in [2.24, 2.45) is 0 Å². The van der Waals surface area contributed by atoms with Crippen molar-refractivity contribution >= 4 is 17.4 Å². The second kappa shape index (κ2) is 7.12. The number of H-pyrrole nitrogens is 1. The summed E-state index contributed by atoms with van der Waals surface area (Å²) in [4.78, 5) is 49.3. The number of ether oxygens (including phenoxy) is 1. The molecule has 0 aliphatic heterocycles. The van der Waals surface area contributed by atoms with Crippen LogP contribution < -0.4 is 5.56 Å². The Morgan fingerprint density at radius 3 is 2.60 bits per heavy atom. The molecule has 25 heavy (non-hydrogen) atoms. The van der Waals surface area contributed by atoms with Gasteiger partial charge in [0.25, 0.3) is 11.2 Å². The molecule has 0 spiro atoms. The van der Waals surface area contributed by atoms with Gasteiger partial charge in [-0.2, -0.15) is 0 Å². The van der Waals surface area contributed by atoms with E-state index in [0.29, 0.717) is 11.3 Å². The molecule has 0 atom stereocenters. The van der Waals surface area contributed by atoms with E-state index in [9.17, 15) is 24.5 Å². The molecule has 2 aromatic rings. The second-order valence-corrected chi connectivity index (χ2v) is 5.38. The summed E-state index contributed by atoms with van der Waals surface area (Å²) < 4.78 is 5.92. The predicted molar refractivity (Wildman–Crippen MR) is 87.9 cm³/mol. The third kappa shape index (κ3) is 3.65. The molecule has 2 heterocycles. The highest BCUT2D eigenvalue weighted by molar-refractivity contribution is 6.01. The highest BCUT2D eigenvalue weighted by atomic mass is 16.6. The standard InChI is InChI=1S/C16H17N3O6/c1-4-25-16(22)14-9(2)15(17-10(14)3)12(20)8-18-7-11(19(23)24)5-6-13(18)21/h5-7,17H,4,8H2,1-3H3. The van der Waals surface area contributed by atoms with Crippen molar-refractivity contribution in [3.05, 3.63) is 61.3 Å². The van der Waals surface area contributed by atoms with E-state index in [-0.39, 0.29) is 30.1 Å². The monoisotopic (exact) mass is 347 g/mol. The lowest BCUT2D eigenvalue weighted by molar-refractivity contribution is -0.385. The molecule has 0 aliphatic rings. The molecular formula is C16H17N3O6. The minimum Gasteiger partial charge on any atom is -0.462 e. The normalized spacial score (nSPS) is 10.5. The second-order valence-electron chi connectivity index (χ2n) is 5.38. The lowest BCUT2D eigenvalue weighted by Gasteiger charge is -2.05. The van der Waals surface area contributed by atoms with Crippen LogP contribution >= 0.6 is 0 Å². The molecule has 0 fully saturated rings. The first-order chi connectivity index (χ1) is 11.8. The summed E-state index contributed by atoms with van der Waals surface area (Å²) in [7, 11) is 0. The zero-order valence-electron chi connectivity index (χ0n) is 14.0. The number of carbonyl (C=O) groups excluding carboxylic acids is 2. The van der Waals surface area contributed by atoms with Crippen molar-refractivity contribution < 1.29 is 19.2 Å². The van der Waals surface area contributed by atoms with Crippen LogP contribution in [-0.4, -0.2) is 32.8 Å². The van der Waals surface area contributed by atoms with Gasteiger partial charge < -0.3 is 14.3 Å². The van der Waals surface area contributed by atoms with E-state index in [1.54, 1.807) is 20.8 Å². The van der Waals surface area contributed by atoms with Crippen LogP contribution in [0.2, 0.25) is 0 Å². The molecule has 9 heteroatoms. The summed E-state index contributed by atoms with van der Waals surface area (Å²) in [5, 5.41) is 10.8. The molecule has 1 N–H and O–H groups in total. The Hall–Kier alpha value is -3.23. The number of esters is 1. The Balaban J connectivity index is 2.35. The Bertz CT molecular complexity index is 909. The number of nitro groups is 1. The number of nitrogens with one attached hydrogen (secondary N) is 1. The molecule has 132 valence electrons. The number of carbonyl (C=O) groups is 2. The lowest BCUT2D eigenvalue weighted by atomic mass is 10.1. The SMILES string of the molecule is CCOC(=O)c1c(C)[nH]c(C(=O)Cn2cc([N+](=O)[O-])ccc2=O)c1C. The van der Waals surface area contributed by atoms with Crippen LogP contribution in [-0.2, 0) is 11.3 Å². The molecule has 9 nitrogen and oxygen atoms in total. The number of aromatic amines is 1. The molecular weight excluding hydrogens is 330 g/mol. The van der Waals surface area contributed by atoms with Crippen LogP contribution in [0, 0.1) is 24.0 Å². The van der Waals surface area contributed by atoms with Gasteiger partial charge in [0.15, 0.2) is 5.78 Å². The molecule has 2 rings (SSSR count). The first-order valence-electron chi connectivity index (χ1n) is 7.50. The molecule has 0 aliphatic carbocycles. The highest BCUT2D eigenvalue weighted by Crippen LogP contribution is 2.20. The van der Waals surface area contributed by atoms with E-state index in [1.165, 1.54) is 0 Å². The van der Waals surface area contributed by atoms with Gasteiger partial charge in [0, 0.05) is 17.8 Å². The Morgan fingerprint density at radius 1 is 1.32 bits per heavy atom. The Morgan fingerprint density at radius 2 is 2.00 bits per heavy atom. The van der Waals surface area contributed by atoms with Gasteiger partial charge in [0.1, 0.15) is 0 Å². The van der Waals surface area contributed by atoms with Gasteiger partial charge in [-0.15, -0.1) is 0 Å². The minimum absolute atomic E-state index is 0.166. The van der Waals surface area contributed by atoms with Gasteiger partial charge in [0.2, 0.25) is 0 Å². The highest BCUT2D eigenvalue weighted by Gasteiger charge is 2.23. The summed E-state index contributed by atoms with van der Waals surface area (Å²) in [6.45, 7) is 4.73. The number of rotatable bonds is 6. The third-order valence-corrected chi connectivity index (χ3v) is 3.69. The van der Waals surface area contributed by atoms with Gasteiger partial charge in [-0.1, -0.05) is 0 Å². The fraction of sp³-hybridized carbons (Fsp3) is 0.312. The van der Waals surface area contributed by atoms with Crippen LogP contribution in [0.3, 0.4) is 0 Å². The number of pyridine rings is 1. The van der Waals surface area contributed by atoms with E-state index in [1.807, 2.05) is 0 Å². The van der Waals surface area contributed by atoms with Gasteiger partial charge in [0.05, 0.1) is 35.5 Å². The molecule has 2 aromatic heterocycles. The van der Waals surface area contributed by atoms with E-state index >= 15 is 0 Å². The van der Waals surface area contributed by atoms with Crippen molar-refractivity contribution in [2.75, 3.05) is 6.61 Å². The van der Waals surface area contributed by atoms with E-state index in [4.69, 9.17) is 4.74 Å². The van der Waals surface area contributed by atoms with E-state index in [0.717, 1.165) is 22.9 Å². The quantitative estimate of drug-likeness (QED) is 0.367. The van der Waals surface area contributed by atoms with Crippen molar-refractivity contribution in [3.8, 4) is 0 Å². The molecule has 0 bridgehead atoms. The number of aryl methyl sites for hydroxylation is 1. The van der Waals surface area contributed by atoms with Crippen molar-refractivity contribution in [1.82, 2.24) is 9.55 Å². The fourth-order valence-corrected chi connectivity index (χ4v) is 2.52. The first-order valence-corrected chi connectivity index (χ1v) is 7.50. The lowest BCUT2D eigenvalue weighted by Crippen LogP contribution is -2.24. The smallest absolute Gasteiger partial charge is 0.340 e. The van der Waals surface area contributed by atoms with E-state index < -0.39 is 22.2 Å². The van der Waals surface area contributed by atoms with Gasteiger partial charge >= 0.3 is 5.97 Å². The molecule has 0 saturated carbocycles. The maximum absolute atomic E-state index is 12.5. The predicted octanol–water partition coefficient (Wildman–Crippen LogP) is 1.76. The van der Waals surface area contributed by atoms with Crippen LogP contribution in [0.25, 0.3) is 0 Å². The van der Waals surface area contributed by atoms with Crippen molar-refractivity contribution in [2.45, 2.75) is 27.3 Å². The zero-order chi connectivity index (χ0) is 18.7. The number of hydrogen-bond acceptors (Lipinski definition) is 6. The average Bonchev–Trinajstić information content (AvgIpc) is 2.84. The van der Waals surface area contributed by atoms with Crippen LogP contribution in [0.1, 0.15) is 39.0 Å². The Kier molecular flexibility index (Phi) is 5.16. The van der Waals surface area contributed by atoms with Crippen molar-refractivity contribution in [3.63, 3.8) is 0 Å². The van der Waals surface area contributed by atoms with Crippen molar-refractivity contribution in [1.29, 1.82) is 0 Å². The molecule has 0 radical (unpaired) electrons. The van der Waals surface area contributed by atoms with Crippen LogP contribution in [0.5, 0.6) is 0 Å².